The van der Waals surface area contributed by atoms with Crippen molar-refractivity contribution in [3.05, 3.63) is 0 Å². The van der Waals surface area contributed by atoms with Crippen LogP contribution in [0.3, 0.4) is 0 Å². The number of rotatable bonds is 2. The highest BCUT2D eigenvalue weighted by atomic mass is 19.1. The number of hydrogen-bond donors (Lipinski definition) is 2. The lowest BCUT2D eigenvalue weighted by Gasteiger charge is -2.27. The predicted molar refractivity (Wildman–Crippen MR) is 59.3 cm³/mol. The SMILES string of the molecule is CC(C)(C)OC(=O)N1CC(F)C(CO)(CO)C1. The average molecular weight is 249 g/mol. The van der Waals surface area contributed by atoms with Gasteiger partial charge in [-0.05, 0) is 20.8 Å². The Morgan fingerprint density at radius 1 is 1.47 bits per heavy atom. The molecule has 1 fully saturated rings. The molecular weight excluding hydrogens is 229 g/mol. The summed E-state index contributed by atoms with van der Waals surface area (Å²) in [5.41, 5.74) is -1.91. The van der Waals surface area contributed by atoms with E-state index in [1.54, 1.807) is 20.8 Å². The number of carbonyl (C=O) groups excluding carboxylic acids is 1. The van der Waals surface area contributed by atoms with Gasteiger partial charge >= 0.3 is 6.09 Å². The molecule has 0 bridgehead atoms. The second-order valence-electron chi connectivity index (χ2n) is 5.51. The third-order valence-corrected chi connectivity index (χ3v) is 2.83. The van der Waals surface area contributed by atoms with E-state index < -0.39 is 36.5 Å². The molecule has 1 saturated heterocycles. The molecule has 1 rings (SSSR count). The molecule has 1 atom stereocenters. The zero-order chi connectivity index (χ0) is 13.3. The summed E-state index contributed by atoms with van der Waals surface area (Å²) in [6.45, 7) is 3.98. The Morgan fingerprint density at radius 2 is 2.00 bits per heavy atom. The molecule has 0 radical (unpaired) electrons. The molecule has 100 valence electrons. The molecule has 0 saturated carbocycles. The van der Waals surface area contributed by atoms with Crippen molar-refractivity contribution in [2.24, 2.45) is 5.41 Å². The Balaban J connectivity index is 2.69. The second kappa shape index (κ2) is 4.78. The number of alkyl halides is 1. The Kier molecular flexibility index (Phi) is 3.99. The van der Waals surface area contributed by atoms with Gasteiger partial charge in [-0.15, -0.1) is 0 Å². The highest BCUT2D eigenvalue weighted by Crippen LogP contribution is 2.33. The van der Waals surface area contributed by atoms with Gasteiger partial charge in [-0.1, -0.05) is 0 Å². The van der Waals surface area contributed by atoms with Crippen molar-refractivity contribution >= 4 is 6.09 Å². The molecule has 1 unspecified atom stereocenters. The number of aliphatic hydroxyl groups excluding tert-OH is 2. The summed E-state index contributed by atoms with van der Waals surface area (Å²) in [7, 11) is 0. The molecule has 2 N–H and O–H groups in total. The van der Waals surface area contributed by atoms with Crippen LogP contribution in [0.15, 0.2) is 0 Å². The van der Waals surface area contributed by atoms with Crippen LogP contribution in [0.25, 0.3) is 0 Å². The minimum Gasteiger partial charge on any atom is -0.444 e. The molecule has 1 amide bonds. The van der Waals surface area contributed by atoms with Crippen molar-refractivity contribution < 1.29 is 24.1 Å². The first kappa shape index (κ1) is 14.2. The van der Waals surface area contributed by atoms with Crippen LogP contribution in [0.5, 0.6) is 0 Å². The monoisotopic (exact) mass is 249 g/mol. The molecule has 0 aromatic heterocycles. The van der Waals surface area contributed by atoms with Crippen LogP contribution in [0.1, 0.15) is 20.8 Å². The van der Waals surface area contributed by atoms with Crippen LogP contribution < -0.4 is 0 Å². The normalized spacial score (nSPS) is 23.9. The van der Waals surface area contributed by atoms with Crippen LogP contribution in [-0.4, -0.2) is 59.3 Å². The fourth-order valence-electron chi connectivity index (χ4n) is 1.74. The van der Waals surface area contributed by atoms with Gasteiger partial charge in [0, 0.05) is 6.54 Å². The minimum atomic E-state index is -1.44. The van der Waals surface area contributed by atoms with Crippen molar-refractivity contribution in [1.82, 2.24) is 4.90 Å². The standard InChI is InChI=1S/C11H20FNO4/c1-10(2,3)17-9(16)13-4-8(12)11(5-13,6-14)7-15/h8,14-15H,4-7H2,1-3H3. The van der Waals surface area contributed by atoms with Crippen molar-refractivity contribution in [2.75, 3.05) is 26.3 Å². The molecule has 5 nitrogen and oxygen atoms in total. The Labute approximate surface area is 100 Å². The third-order valence-electron chi connectivity index (χ3n) is 2.83. The maximum absolute atomic E-state index is 13.7. The van der Waals surface area contributed by atoms with Gasteiger partial charge in [-0.3, -0.25) is 0 Å². The fourth-order valence-corrected chi connectivity index (χ4v) is 1.74. The minimum absolute atomic E-state index is 0.0317. The summed E-state index contributed by atoms with van der Waals surface area (Å²) < 4.78 is 18.8. The lowest BCUT2D eigenvalue weighted by atomic mass is 9.88. The topological polar surface area (TPSA) is 70.0 Å². The predicted octanol–water partition coefficient (Wildman–Crippen LogP) is 0.546. The number of carbonyl (C=O) groups is 1. The molecule has 0 spiro atoms. The van der Waals surface area contributed by atoms with Crippen LogP contribution in [0.4, 0.5) is 9.18 Å². The van der Waals surface area contributed by atoms with Gasteiger partial charge in [0.1, 0.15) is 11.8 Å². The van der Waals surface area contributed by atoms with E-state index in [0.717, 1.165) is 0 Å². The molecule has 1 aliphatic heterocycles. The van der Waals surface area contributed by atoms with Crippen LogP contribution in [-0.2, 0) is 4.74 Å². The lowest BCUT2D eigenvalue weighted by Crippen LogP contribution is -2.40. The molecule has 1 heterocycles. The van der Waals surface area contributed by atoms with E-state index in [1.165, 1.54) is 4.90 Å². The number of halogens is 1. The van der Waals surface area contributed by atoms with Crippen molar-refractivity contribution in [1.29, 1.82) is 0 Å². The first-order valence-corrected chi connectivity index (χ1v) is 5.58. The Bertz CT molecular complexity index is 286. The highest BCUT2D eigenvalue weighted by Gasteiger charge is 2.49. The second-order valence-corrected chi connectivity index (χ2v) is 5.51. The number of ether oxygens (including phenoxy) is 1. The summed E-state index contributed by atoms with van der Waals surface area (Å²) in [4.78, 5) is 12.9. The quantitative estimate of drug-likeness (QED) is 0.749. The van der Waals surface area contributed by atoms with Crippen LogP contribution in [0.2, 0.25) is 0 Å². The first-order valence-electron chi connectivity index (χ1n) is 5.58. The largest absolute Gasteiger partial charge is 0.444 e. The van der Waals surface area contributed by atoms with E-state index in [4.69, 9.17) is 14.9 Å². The summed E-state index contributed by atoms with van der Waals surface area (Å²) in [6.07, 6.45) is -2.06. The van der Waals surface area contributed by atoms with E-state index >= 15 is 0 Å². The van der Waals surface area contributed by atoms with Gasteiger partial charge < -0.3 is 19.8 Å². The van der Waals surface area contributed by atoms with Crippen molar-refractivity contribution in [3.8, 4) is 0 Å². The van der Waals surface area contributed by atoms with Gasteiger partial charge in [0.05, 0.1) is 25.2 Å². The molecule has 17 heavy (non-hydrogen) atoms. The maximum Gasteiger partial charge on any atom is 0.410 e. The average Bonchev–Trinajstić information content (AvgIpc) is 2.54. The van der Waals surface area contributed by atoms with Crippen LogP contribution >= 0.6 is 0 Å². The lowest BCUT2D eigenvalue weighted by molar-refractivity contribution is 0.0102. The molecule has 6 heteroatoms. The zero-order valence-electron chi connectivity index (χ0n) is 10.4. The highest BCUT2D eigenvalue weighted by molar-refractivity contribution is 5.68. The van der Waals surface area contributed by atoms with Gasteiger partial charge in [-0.2, -0.15) is 0 Å². The van der Waals surface area contributed by atoms with Gasteiger partial charge in [-0.25, -0.2) is 9.18 Å². The van der Waals surface area contributed by atoms with E-state index in [0.29, 0.717) is 0 Å². The van der Waals surface area contributed by atoms with E-state index in [9.17, 15) is 9.18 Å². The Hall–Kier alpha value is -0.880. The van der Waals surface area contributed by atoms with Gasteiger partial charge in [0.2, 0.25) is 0 Å². The zero-order valence-corrected chi connectivity index (χ0v) is 10.4. The van der Waals surface area contributed by atoms with Crippen molar-refractivity contribution in [3.63, 3.8) is 0 Å². The van der Waals surface area contributed by atoms with Crippen molar-refractivity contribution in [2.45, 2.75) is 32.5 Å². The molecule has 0 aliphatic carbocycles. The molecule has 0 aromatic rings. The summed E-state index contributed by atoms with van der Waals surface area (Å²) >= 11 is 0. The summed E-state index contributed by atoms with van der Waals surface area (Å²) in [5, 5.41) is 18.3. The summed E-state index contributed by atoms with van der Waals surface area (Å²) in [5.74, 6) is 0. The van der Waals surface area contributed by atoms with Crippen LogP contribution in [0, 0.1) is 5.41 Å². The fraction of sp³-hybridized carbons (Fsp3) is 0.909. The van der Waals surface area contributed by atoms with Gasteiger partial charge in [0.15, 0.2) is 0 Å². The number of amides is 1. The summed E-state index contributed by atoms with van der Waals surface area (Å²) in [6, 6.07) is 0. The van der Waals surface area contributed by atoms with E-state index in [-0.39, 0.29) is 13.1 Å². The Morgan fingerprint density at radius 3 is 2.35 bits per heavy atom. The number of likely N-dealkylation sites (tertiary alicyclic amines) is 1. The molecular formula is C11H20FNO4. The van der Waals surface area contributed by atoms with E-state index in [2.05, 4.69) is 0 Å². The maximum atomic E-state index is 13.7. The van der Waals surface area contributed by atoms with E-state index in [1.807, 2.05) is 0 Å². The van der Waals surface area contributed by atoms with Gasteiger partial charge in [0.25, 0.3) is 0 Å². The first-order chi connectivity index (χ1) is 7.74. The smallest absolute Gasteiger partial charge is 0.410 e. The number of nitrogens with zero attached hydrogens (tertiary/aromatic N) is 1. The number of aliphatic hydroxyl groups is 2. The molecule has 1 aliphatic rings. The number of hydrogen-bond acceptors (Lipinski definition) is 4. The molecule has 0 aromatic carbocycles. The third kappa shape index (κ3) is 3.07.